The normalized spacial score (nSPS) is 15.8. The molecule has 3 N–H and O–H groups in total. The SMILES string of the molecule is CC(C)c1ccc(CNC(=O)[C@H]2CN(C(=O)Nc3cccc(OCC(=O)O)c3)CCN2S(=O)(=O)c2ccc(C(F)(F)F)cc2)cc1. The highest BCUT2D eigenvalue weighted by molar-refractivity contribution is 7.89. The number of halogens is 3. The summed E-state index contributed by atoms with van der Waals surface area (Å²) >= 11 is 0. The molecule has 0 bridgehead atoms. The first-order valence-corrected chi connectivity index (χ1v) is 15.7. The molecular weight excluding hydrogens is 629 g/mol. The molecule has 0 unspecified atom stereocenters. The summed E-state index contributed by atoms with van der Waals surface area (Å²) in [4.78, 5) is 38.4. The average molecular weight is 663 g/mol. The maximum atomic E-state index is 13.6. The second-order valence-corrected chi connectivity index (χ2v) is 12.7. The number of anilines is 1. The first kappa shape index (κ1) is 34.2. The Labute approximate surface area is 264 Å². The standard InChI is InChI=1S/C31H33F3N4O7S/c1-20(2)22-8-6-21(7-9-22)17-35-29(41)27-18-37(30(42)36-24-4-3-5-25(16-24)45-19-28(39)40)14-15-38(27)46(43,44)26-12-10-23(11-13-26)31(32,33)34/h3-13,16,20,27H,14-15,17-19H2,1-2H3,(H,35,41)(H,36,42)(H,39,40)/t27-/m1/s1. The van der Waals surface area contributed by atoms with Crippen LogP contribution in [0.1, 0.15) is 36.5 Å². The lowest BCUT2D eigenvalue weighted by molar-refractivity contribution is -0.139. The summed E-state index contributed by atoms with van der Waals surface area (Å²) in [7, 11) is -4.46. The molecule has 0 radical (unpaired) electrons. The number of nitrogens with zero attached hydrogens (tertiary/aromatic N) is 2. The summed E-state index contributed by atoms with van der Waals surface area (Å²) < 4.78 is 72.6. The molecule has 1 saturated heterocycles. The van der Waals surface area contributed by atoms with Crippen LogP contribution in [-0.2, 0) is 32.3 Å². The van der Waals surface area contributed by atoms with Crippen molar-refractivity contribution in [3.8, 4) is 5.75 Å². The maximum Gasteiger partial charge on any atom is 0.416 e. The molecule has 46 heavy (non-hydrogen) atoms. The Kier molecular flexibility index (Phi) is 10.6. The molecule has 0 aliphatic carbocycles. The molecule has 1 fully saturated rings. The molecule has 0 saturated carbocycles. The highest BCUT2D eigenvalue weighted by Gasteiger charge is 2.42. The number of sulfonamides is 1. The van der Waals surface area contributed by atoms with E-state index in [0.29, 0.717) is 18.1 Å². The predicted molar refractivity (Wildman–Crippen MR) is 162 cm³/mol. The van der Waals surface area contributed by atoms with Crippen LogP contribution >= 0.6 is 0 Å². The van der Waals surface area contributed by atoms with Crippen molar-refractivity contribution >= 4 is 33.6 Å². The van der Waals surface area contributed by atoms with Crippen molar-refractivity contribution in [2.75, 3.05) is 31.6 Å². The third kappa shape index (κ3) is 8.54. The molecule has 1 heterocycles. The van der Waals surface area contributed by atoms with E-state index in [1.807, 2.05) is 38.1 Å². The monoisotopic (exact) mass is 662 g/mol. The number of benzene rings is 3. The molecule has 3 aromatic rings. The van der Waals surface area contributed by atoms with E-state index < -0.39 is 57.2 Å². The van der Waals surface area contributed by atoms with Crippen molar-refractivity contribution in [1.29, 1.82) is 0 Å². The highest BCUT2D eigenvalue weighted by Crippen LogP contribution is 2.31. The Hall–Kier alpha value is -4.63. The van der Waals surface area contributed by atoms with Crippen molar-refractivity contribution in [3.63, 3.8) is 0 Å². The Morgan fingerprint density at radius 2 is 1.67 bits per heavy atom. The van der Waals surface area contributed by atoms with Gasteiger partial charge in [0.15, 0.2) is 6.61 Å². The molecular formula is C31H33F3N4O7S. The summed E-state index contributed by atoms with van der Waals surface area (Å²) in [6.45, 7) is 2.73. The largest absolute Gasteiger partial charge is 0.482 e. The number of carbonyl (C=O) groups is 3. The zero-order valence-corrected chi connectivity index (χ0v) is 25.8. The van der Waals surface area contributed by atoms with Crippen LogP contribution < -0.4 is 15.4 Å². The number of piperazine rings is 1. The second kappa shape index (κ2) is 14.2. The van der Waals surface area contributed by atoms with E-state index in [1.54, 1.807) is 0 Å². The minimum Gasteiger partial charge on any atom is -0.482 e. The van der Waals surface area contributed by atoms with Gasteiger partial charge in [-0.15, -0.1) is 0 Å². The number of aliphatic carboxylic acids is 1. The lowest BCUT2D eigenvalue weighted by Gasteiger charge is -2.39. The molecule has 0 spiro atoms. The number of carbonyl (C=O) groups excluding carboxylic acids is 2. The number of nitrogens with one attached hydrogen (secondary N) is 2. The Morgan fingerprint density at radius 3 is 2.28 bits per heavy atom. The number of alkyl halides is 3. The van der Waals surface area contributed by atoms with Crippen LogP contribution in [0.25, 0.3) is 0 Å². The van der Waals surface area contributed by atoms with E-state index in [4.69, 9.17) is 9.84 Å². The number of amides is 3. The summed E-state index contributed by atoms with van der Waals surface area (Å²) in [5.41, 5.74) is 1.09. The molecule has 4 rings (SSSR count). The molecule has 3 amide bonds. The van der Waals surface area contributed by atoms with Crippen LogP contribution in [0.3, 0.4) is 0 Å². The van der Waals surface area contributed by atoms with Gasteiger partial charge >= 0.3 is 18.2 Å². The Bertz CT molecular complexity index is 1660. The molecule has 246 valence electrons. The van der Waals surface area contributed by atoms with Crippen molar-refractivity contribution in [2.24, 2.45) is 0 Å². The lowest BCUT2D eigenvalue weighted by atomic mass is 10.0. The molecule has 15 heteroatoms. The molecule has 0 aromatic heterocycles. The number of ether oxygens (including phenoxy) is 1. The van der Waals surface area contributed by atoms with Crippen LogP contribution in [0.2, 0.25) is 0 Å². The molecule has 1 aliphatic rings. The van der Waals surface area contributed by atoms with Crippen molar-refractivity contribution in [3.05, 3.63) is 89.5 Å². The number of hydrogen-bond donors (Lipinski definition) is 3. The van der Waals surface area contributed by atoms with E-state index in [1.165, 1.54) is 29.2 Å². The molecule has 1 atom stereocenters. The van der Waals surface area contributed by atoms with Gasteiger partial charge in [-0.3, -0.25) is 4.79 Å². The van der Waals surface area contributed by atoms with Gasteiger partial charge in [0.1, 0.15) is 11.8 Å². The second-order valence-electron chi connectivity index (χ2n) is 10.9. The average Bonchev–Trinajstić information content (AvgIpc) is 3.02. The lowest BCUT2D eigenvalue weighted by Crippen LogP contribution is -2.61. The first-order chi connectivity index (χ1) is 21.6. The fourth-order valence-electron chi connectivity index (χ4n) is 4.74. The molecule has 1 aliphatic heterocycles. The van der Waals surface area contributed by atoms with Crippen LogP contribution in [0, 0.1) is 0 Å². The topological polar surface area (TPSA) is 145 Å². The van der Waals surface area contributed by atoms with Gasteiger partial charge in [0, 0.05) is 37.9 Å². The van der Waals surface area contributed by atoms with E-state index in [-0.39, 0.29) is 37.6 Å². The first-order valence-electron chi connectivity index (χ1n) is 14.2. The van der Waals surface area contributed by atoms with Gasteiger partial charge in [0.2, 0.25) is 15.9 Å². The summed E-state index contributed by atoms with van der Waals surface area (Å²) in [6.07, 6.45) is -4.67. The summed E-state index contributed by atoms with van der Waals surface area (Å²) in [5.74, 6) is -1.40. The van der Waals surface area contributed by atoms with E-state index in [2.05, 4.69) is 10.6 Å². The third-order valence-electron chi connectivity index (χ3n) is 7.27. The minimum absolute atomic E-state index is 0.0667. The number of urea groups is 1. The van der Waals surface area contributed by atoms with Gasteiger partial charge in [-0.25, -0.2) is 18.0 Å². The Balaban J connectivity index is 1.55. The van der Waals surface area contributed by atoms with E-state index in [0.717, 1.165) is 27.6 Å². The van der Waals surface area contributed by atoms with Gasteiger partial charge in [-0.1, -0.05) is 44.2 Å². The Morgan fingerprint density at radius 1 is 1.00 bits per heavy atom. The minimum atomic E-state index is -4.67. The van der Waals surface area contributed by atoms with E-state index >= 15 is 0 Å². The van der Waals surface area contributed by atoms with Crippen LogP contribution in [0.4, 0.5) is 23.7 Å². The predicted octanol–water partition coefficient (Wildman–Crippen LogP) is 4.52. The van der Waals surface area contributed by atoms with Gasteiger partial charge in [-0.05, 0) is 53.4 Å². The number of hydrogen-bond acceptors (Lipinski definition) is 6. The smallest absolute Gasteiger partial charge is 0.416 e. The van der Waals surface area contributed by atoms with Gasteiger partial charge in [0.25, 0.3) is 0 Å². The number of carboxylic acids is 1. The van der Waals surface area contributed by atoms with Gasteiger partial charge in [0.05, 0.1) is 10.5 Å². The number of rotatable bonds is 10. The van der Waals surface area contributed by atoms with Crippen LogP contribution in [0.15, 0.2) is 77.7 Å². The van der Waals surface area contributed by atoms with E-state index in [9.17, 15) is 36.0 Å². The van der Waals surface area contributed by atoms with Crippen LogP contribution in [0.5, 0.6) is 5.75 Å². The maximum absolute atomic E-state index is 13.6. The third-order valence-corrected chi connectivity index (χ3v) is 9.19. The fourth-order valence-corrected chi connectivity index (χ4v) is 6.31. The summed E-state index contributed by atoms with van der Waals surface area (Å²) in [5, 5.41) is 14.2. The zero-order valence-electron chi connectivity index (χ0n) is 25.0. The van der Waals surface area contributed by atoms with Crippen molar-refractivity contribution in [1.82, 2.24) is 14.5 Å². The quantitative estimate of drug-likeness (QED) is 0.290. The van der Waals surface area contributed by atoms with Gasteiger partial charge in [-0.2, -0.15) is 17.5 Å². The fraction of sp³-hybridized carbons (Fsp3) is 0.323. The zero-order chi connectivity index (χ0) is 33.6. The molecule has 3 aromatic carbocycles. The van der Waals surface area contributed by atoms with Crippen molar-refractivity contribution < 1.29 is 45.8 Å². The van der Waals surface area contributed by atoms with Gasteiger partial charge < -0.3 is 25.4 Å². The molecule has 11 nitrogen and oxygen atoms in total. The highest BCUT2D eigenvalue weighted by atomic mass is 32.2. The summed E-state index contributed by atoms with van der Waals surface area (Å²) in [6, 6.07) is 14.4. The van der Waals surface area contributed by atoms with Crippen molar-refractivity contribution in [2.45, 2.75) is 43.4 Å². The van der Waals surface area contributed by atoms with Crippen LogP contribution in [-0.4, -0.2) is 72.9 Å². The number of carboxylic acid groups (broad SMARTS) is 1.